The van der Waals surface area contributed by atoms with Gasteiger partial charge in [-0.15, -0.1) is 0 Å². The molecule has 0 unspecified atom stereocenters. The molecule has 0 aliphatic rings. The van der Waals surface area contributed by atoms with Crippen LogP contribution in [0.5, 0.6) is 5.75 Å². The first-order valence-corrected chi connectivity index (χ1v) is 7.70. The van der Waals surface area contributed by atoms with E-state index in [0.29, 0.717) is 23.6 Å². The van der Waals surface area contributed by atoms with Crippen molar-refractivity contribution < 1.29 is 18.7 Å². The van der Waals surface area contributed by atoms with E-state index in [2.05, 4.69) is 6.58 Å². The van der Waals surface area contributed by atoms with Crippen molar-refractivity contribution in [1.82, 2.24) is 0 Å². The normalized spacial score (nSPS) is 10.1. The third-order valence-corrected chi connectivity index (χ3v) is 3.43. The first-order chi connectivity index (χ1) is 12.0. The summed E-state index contributed by atoms with van der Waals surface area (Å²) in [5, 5.41) is 0. The Morgan fingerprint density at radius 3 is 2.32 bits per heavy atom. The molecular weight excluding hydrogens is 323 g/mol. The highest BCUT2D eigenvalue weighted by Crippen LogP contribution is 2.20. The van der Waals surface area contributed by atoms with Gasteiger partial charge in [-0.05, 0) is 48.5 Å². The van der Waals surface area contributed by atoms with Crippen LogP contribution >= 0.6 is 0 Å². The molecule has 130 valence electrons. The van der Waals surface area contributed by atoms with Crippen LogP contribution in [0.25, 0.3) is 0 Å². The fourth-order valence-electron chi connectivity index (χ4n) is 2.20. The van der Waals surface area contributed by atoms with Gasteiger partial charge in [-0.2, -0.15) is 0 Å². The SMILES string of the molecule is C=CCOc1ccc(C(=O)N(CCC(N)=O)c2ccc(F)cc2)cc1. The Labute approximate surface area is 145 Å². The number of rotatable bonds is 8. The first-order valence-electron chi connectivity index (χ1n) is 7.70. The summed E-state index contributed by atoms with van der Waals surface area (Å²) in [6.45, 7) is 4.04. The van der Waals surface area contributed by atoms with Gasteiger partial charge < -0.3 is 15.4 Å². The highest BCUT2D eigenvalue weighted by Gasteiger charge is 2.18. The van der Waals surface area contributed by atoms with Crippen LogP contribution in [-0.4, -0.2) is 25.0 Å². The van der Waals surface area contributed by atoms with E-state index >= 15 is 0 Å². The largest absolute Gasteiger partial charge is 0.490 e. The molecule has 0 aliphatic carbocycles. The highest BCUT2D eigenvalue weighted by atomic mass is 19.1. The van der Waals surface area contributed by atoms with Crippen molar-refractivity contribution in [1.29, 1.82) is 0 Å². The van der Waals surface area contributed by atoms with Crippen molar-refractivity contribution in [3.05, 3.63) is 72.6 Å². The Kier molecular flexibility index (Phi) is 6.28. The fraction of sp³-hybridized carbons (Fsp3) is 0.158. The van der Waals surface area contributed by atoms with E-state index in [9.17, 15) is 14.0 Å². The summed E-state index contributed by atoms with van der Waals surface area (Å²) in [5.41, 5.74) is 6.09. The zero-order valence-corrected chi connectivity index (χ0v) is 13.7. The second-order valence-corrected chi connectivity index (χ2v) is 5.27. The fourth-order valence-corrected chi connectivity index (χ4v) is 2.20. The number of halogens is 1. The topological polar surface area (TPSA) is 72.6 Å². The summed E-state index contributed by atoms with van der Waals surface area (Å²) < 4.78 is 18.5. The number of amides is 2. The molecule has 6 heteroatoms. The molecule has 0 aromatic heterocycles. The van der Waals surface area contributed by atoms with E-state index in [1.165, 1.54) is 29.2 Å². The van der Waals surface area contributed by atoms with Crippen LogP contribution in [0.3, 0.4) is 0 Å². The third-order valence-electron chi connectivity index (χ3n) is 3.43. The van der Waals surface area contributed by atoms with E-state index in [1.807, 2.05) is 0 Å². The quantitative estimate of drug-likeness (QED) is 0.750. The van der Waals surface area contributed by atoms with Gasteiger partial charge in [0, 0.05) is 24.2 Å². The summed E-state index contributed by atoms with van der Waals surface area (Å²) in [5.74, 6) is -0.632. The summed E-state index contributed by atoms with van der Waals surface area (Å²) in [7, 11) is 0. The van der Waals surface area contributed by atoms with Crippen LogP contribution in [-0.2, 0) is 4.79 Å². The van der Waals surface area contributed by atoms with Gasteiger partial charge in [0.15, 0.2) is 0 Å². The minimum Gasteiger partial charge on any atom is -0.490 e. The Hall–Kier alpha value is -3.15. The van der Waals surface area contributed by atoms with Gasteiger partial charge in [-0.1, -0.05) is 12.7 Å². The summed E-state index contributed by atoms with van der Waals surface area (Å²) in [6, 6.07) is 12.1. The smallest absolute Gasteiger partial charge is 0.258 e. The van der Waals surface area contributed by atoms with Crippen molar-refractivity contribution in [2.24, 2.45) is 5.73 Å². The molecule has 0 radical (unpaired) electrons. The molecule has 2 rings (SSSR count). The van der Waals surface area contributed by atoms with E-state index < -0.39 is 11.7 Å². The summed E-state index contributed by atoms with van der Waals surface area (Å²) in [4.78, 5) is 25.3. The van der Waals surface area contributed by atoms with E-state index in [0.717, 1.165) is 0 Å². The van der Waals surface area contributed by atoms with Gasteiger partial charge in [0.05, 0.1) is 0 Å². The number of hydrogen-bond acceptors (Lipinski definition) is 3. The molecule has 0 heterocycles. The number of ether oxygens (including phenoxy) is 1. The first kappa shape index (κ1) is 18.2. The zero-order valence-electron chi connectivity index (χ0n) is 13.7. The lowest BCUT2D eigenvalue weighted by molar-refractivity contribution is -0.117. The third kappa shape index (κ3) is 5.17. The summed E-state index contributed by atoms with van der Waals surface area (Å²) in [6.07, 6.45) is 1.63. The average Bonchev–Trinajstić information content (AvgIpc) is 2.61. The maximum absolute atomic E-state index is 13.1. The number of nitrogens with zero attached hydrogens (tertiary/aromatic N) is 1. The maximum Gasteiger partial charge on any atom is 0.258 e. The highest BCUT2D eigenvalue weighted by molar-refractivity contribution is 6.06. The van der Waals surface area contributed by atoms with Crippen molar-refractivity contribution in [2.45, 2.75) is 6.42 Å². The number of carbonyl (C=O) groups is 2. The predicted octanol–water partition coefficient (Wildman–Crippen LogP) is 2.91. The molecule has 2 aromatic rings. The van der Waals surface area contributed by atoms with Crippen molar-refractivity contribution in [2.75, 3.05) is 18.1 Å². The van der Waals surface area contributed by atoms with E-state index in [1.54, 1.807) is 30.3 Å². The molecule has 0 atom stereocenters. The van der Waals surface area contributed by atoms with Crippen molar-refractivity contribution >= 4 is 17.5 Å². The monoisotopic (exact) mass is 342 g/mol. The number of anilines is 1. The van der Waals surface area contributed by atoms with Gasteiger partial charge in [0.25, 0.3) is 5.91 Å². The van der Waals surface area contributed by atoms with Crippen LogP contribution in [0.2, 0.25) is 0 Å². The number of benzene rings is 2. The number of hydrogen-bond donors (Lipinski definition) is 1. The Morgan fingerprint density at radius 1 is 1.12 bits per heavy atom. The second kappa shape index (κ2) is 8.63. The van der Waals surface area contributed by atoms with Crippen LogP contribution in [0, 0.1) is 5.82 Å². The molecule has 0 bridgehead atoms. The van der Waals surface area contributed by atoms with Gasteiger partial charge in [0.1, 0.15) is 18.2 Å². The van der Waals surface area contributed by atoms with Gasteiger partial charge in [-0.3, -0.25) is 9.59 Å². The molecule has 0 saturated heterocycles. The lowest BCUT2D eigenvalue weighted by Crippen LogP contribution is -2.34. The Bertz CT molecular complexity index is 742. The molecule has 25 heavy (non-hydrogen) atoms. The predicted molar refractivity (Wildman–Crippen MR) is 94.0 cm³/mol. The zero-order chi connectivity index (χ0) is 18.2. The van der Waals surface area contributed by atoms with Crippen LogP contribution in [0.4, 0.5) is 10.1 Å². The average molecular weight is 342 g/mol. The molecule has 0 aliphatic heterocycles. The standard InChI is InChI=1S/C19H19FN2O3/c1-2-13-25-17-9-3-14(4-10-17)19(24)22(12-11-18(21)23)16-7-5-15(20)6-8-16/h2-10H,1,11-13H2,(H2,21,23). The molecule has 2 aromatic carbocycles. The van der Waals surface area contributed by atoms with Crippen molar-refractivity contribution in [3.63, 3.8) is 0 Å². The molecule has 5 nitrogen and oxygen atoms in total. The number of primary amides is 1. The lowest BCUT2D eigenvalue weighted by atomic mass is 10.1. The van der Waals surface area contributed by atoms with Crippen LogP contribution in [0.1, 0.15) is 16.8 Å². The molecule has 2 N–H and O–H groups in total. The Morgan fingerprint density at radius 2 is 1.76 bits per heavy atom. The Balaban J connectivity index is 2.23. The molecule has 0 spiro atoms. The van der Waals surface area contributed by atoms with Gasteiger partial charge in [0.2, 0.25) is 5.91 Å². The minimum atomic E-state index is -0.520. The summed E-state index contributed by atoms with van der Waals surface area (Å²) >= 11 is 0. The molecule has 0 saturated carbocycles. The van der Waals surface area contributed by atoms with Gasteiger partial charge in [-0.25, -0.2) is 4.39 Å². The molecule has 0 fully saturated rings. The number of carbonyl (C=O) groups excluding carboxylic acids is 2. The van der Waals surface area contributed by atoms with E-state index in [4.69, 9.17) is 10.5 Å². The van der Waals surface area contributed by atoms with E-state index in [-0.39, 0.29) is 18.9 Å². The molecular formula is C19H19FN2O3. The minimum absolute atomic E-state index is 0.00362. The molecule has 2 amide bonds. The van der Waals surface area contributed by atoms with Gasteiger partial charge >= 0.3 is 0 Å². The van der Waals surface area contributed by atoms with Crippen molar-refractivity contribution in [3.8, 4) is 5.75 Å². The number of nitrogens with two attached hydrogens (primary N) is 1. The maximum atomic E-state index is 13.1. The lowest BCUT2D eigenvalue weighted by Gasteiger charge is -2.22. The van der Waals surface area contributed by atoms with Crippen LogP contribution < -0.4 is 15.4 Å². The second-order valence-electron chi connectivity index (χ2n) is 5.27. The van der Waals surface area contributed by atoms with Crippen LogP contribution in [0.15, 0.2) is 61.2 Å².